The third-order valence-electron chi connectivity index (χ3n) is 4.88. The van der Waals surface area contributed by atoms with Crippen molar-refractivity contribution in [3.63, 3.8) is 0 Å². The number of ether oxygens (including phenoxy) is 2. The van der Waals surface area contributed by atoms with Gasteiger partial charge in [-0.1, -0.05) is 12.2 Å². The molecule has 8 heteroatoms. The molecule has 3 amide bonds. The number of methoxy groups -OCH3 is 1. The van der Waals surface area contributed by atoms with E-state index >= 15 is 0 Å². The molecule has 2 aliphatic rings. The Hall–Kier alpha value is -3.16. The highest BCUT2D eigenvalue weighted by Gasteiger charge is 2.46. The van der Waals surface area contributed by atoms with E-state index in [1.807, 2.05) is 12.2 Å². The lowest BCUT2D eigenvalue weighted by Crippen LogP contribution is -2.33. The van der Waals surface area contributed by atoms with Gasteiger partial charge in [-0.3, -0.25) is 24.1 Å². The standard InChI is InChI=1S/C20H22N2O6/c1-27-14-8-6-13(7-9-14)21-17(23)12-28-18(24)10-11-22-19(25)15-4-2-3-5-16(15)20(22)26/h2-3,6-9,15-16H,4-5,10-12H2,1H3,(H,21,23)/t15-,16+. The molecule has 1 aromatic carbocycles. The Labute approximate surface area is 162 Å². The predicted octanol–water partition coefficient (Wildman–Crippen LogP) is 1.52. The van der Waals surface area contributed by atoms with Crippen LogP contribution in [0.2, 0.25) is 0 Å². The van der Waals surface area contributed by atoms with E-state index in [0.717, 1.165) is 4.90 Å². The number of rotatable bonds is 7. The van der Waals surface area contributed by atoms with Crippen LogP contribution in [-0.2, 0) is 23.9 Å². The number of allylic oxidation sites excluding steroid dienone is 2. The average Bonchev–Trinajstić information content (AvgIpc) is 2.96. The molecule has 3 rings (SSSR count). The Bertz CT molecular complexity index is 775. The Kier molecular flexibility index (Phi) is 6.08. The van der Waals surface area contributed by atoms with Gasteiger partial charge in [-0.25, -0.2) is 0 Å². The van der Waals surface area contributed by atoms with Crippen LogP contribution in [0.1, 0.15) is 19.3 Å². The van der Waals surface area contributed by atoms with E-state index in [1.54, 1.807) is 31.4 Å². The fraction of sp³-hybridized carbons (Fsp3) is 0.400. The minimum Gasteiger partial charge on any atom is -0.497 e. The number of nitrogens with one attached hydrogen (secondary N) is 1. The van der Waals surface area contributed by atoms with Crippen molar-refractivity contribution in [3.05, 3.63) is 36.4 Å². The fourth-order valence-corrected chi connectivity index (χ4v) is 3.38. The first-order valence-electron chi connectivity index (χ1n) is 9.09. The number of hydrogen-bond donors (Lipinski definition) is 1. The molecular weight excluding hydrogens is 364 g/mol. The lowest BCUT2D eigenvalue weighted by atomic mass is 9.85. The Balaban J connectivity index is 1.41. The van der Waals surface area contributed by atoms with Gasteiger partial charge in [-0.2, -0.15) is 0 Å². The third kappa shape index (κ3) is 4.39. The highest BCUT2D eigenvalue weighted by molar-refractivity contribution is 6.05. The van der Waals surface area contributed by atoms with Gasteiger partial charge in [0.25, 0.3) is 5.91 Å². The molecule has 0 bridgehead atoms. The van der Waals surface area contributed by atoms with Crippen LogP contribution in [0.4, 0.5) is 5.69 Å². The number of benzene rings is 1. The van der Waals surface area contributed by atoms with Crippen molar-refractivity contribution in [1.82, 2.24) is 4.90 Å². The third-order valence-corrected chi connectivity index (χ3v) is 4.88. The van der Waals surface area contributed by atoms with Crippen molar-refractivity contribution in [2.24, 2.45) is 11.8 Å². The zero-order chi connectivity index (χ0) is 20.1. The van der Waals surface area contributed by atoms with Crippen molar-refractivity contribution >= 4 is 29.4 Å². The summed E-state index contributed by atoms with van der Waals surface area (Å²) in [6.45, 7) is -0.467. The zero-order valence-electron chi connectivity index (χ0n) is 15.6. The molecule has 0 saturated carbocycles. The molecule has 1 N–H and O–H groups in total. The predicted molar refractivity (Wildman–Crippen MR) is 99.3 cm³/mol. The fourth-order valence-electron chi connectivity index (χ4n) is 3.38. The van der Waals surface area contributed by atoms with Crippen LogP contribution in [0.5, 0.6) is 5.75 Å². The van der Waals surface area contributed by atoms with Crippen molar-refractivity contribution in [2.45, 2.75) is 19.3 Å². The molecular formula is C20H22N2O6. The maximum atomic E-state index is 12.3. The highest BCUT2D eigenvalue weighted by Crippen LogP contribution is 2.34. The number of imide groups is 1. The minimum atomic E-state index is -0.640. The number of esters is 1. The maximum Gasteiger partial charge on any atom is 0.308 e. The summed E-state index contributed by atoms with van der Waals surface area (Å²) in [6, 6.07) is 6.71. The molecule has 2 atom stereocenters. The Morgan fingerprint density at radius 3 is 2.25 bits per heavy atom. The first-order chi connectivity index (χ1) is 13.5. The lowest BCUT2D eigenvalue weighted by Gasteiger charge is -2.14. The Morgan fingerprint density at radius 2 is 1.68 bits per heavy atom. The highest BCUT2D eigenvalue weighted by atomic mass is 16.5. The van der Waals surface area contributed by atoms with Crippen molar-refractivity contribution in [3.8, 4) is 5.75 Å². The molecule has 1 aliphatic carbocycles. The molecule has 1 aliphatic heterocycles. The number of likely N-dealkylation sites (tertiary alicyclic amines) is 1. The van der Waals surface area contributed by atoms with Gasteiger partial charge in [0.15, 0.2) is 6.61 Å². The molecule has 8 nitrogen and oxygen atoms in total. The van der Waals surface area contributed by atoms with Crippen molar-refractivity contribution in [2.75, 3.05) is 25.6 Å². The van der Waals surface area contributed by atoms with E-state index in [-0.39, 0.29) is 36.6 Å². The molecule has 148 valence electrons. The molecule has 1 heterocycles. The zero-order valence-corrected chi connectivity index (χ0v) is 15.6. The number of amides is 3. The quantitative estimate of drug-likeness (QED) is 0.433. The Morgan fingerprint density at radius 1 is 1.07 bits per heavy atom. The molecule has 0 radical (unpaired) electrons. The van der Waals surface area contributed by atoms with Crippen LogP contribution in [0.15, 0.2) is 36.4 Å². The van der Waals surface area contributed by atoms with Crippen LogP contribution in [0.3, 0.4) is 0 Å². The number of carbonyl (C=O) groups excluding carboxylic acids is 4. The molecule has 0 unspecified atom stereocenters. The van der Waals surface area contributed by atoms with Crippen LogP contribution < -0.4 is 10.1 Å². The smallest absolute Gasteiger partial charge is 0.308 e. The largest absolute Gasteiger partial charge is 0.497 e. The second-order valence-electron chi connectivity index (χ2n) is 6.67. The van der Waals surface area contributed by atoms with Crippen LogP contribution >= 0.6 is 0 Å². The topological polar surface area (TPSA) is 102 Å². The second kappa shape index (κ2) is 8.69. The van der Waals surface area contributed by atoms with Gasteiger partial charge in [-0.15, -0.1) is 0 Å². The van der Waals surface area contributed by atoms with Crippen LogP contribution in [-0.4, -0.2) is 48.9 Å². The number of hydrogen-bond acceptors (Lipinski definition) is 6. The van der Waals surface area contributed by atoms with Crippen LogP contribution in [0.25, 0.3) is 0 Å². The number of carbonyl (C=O) groups is 4. The normalized spacial score (nSPS) is 20.7. The monoisotopic (exact) mass is 386 g/mol. The van der Waals surface area contributed by atoms with E-state index in [0.29, 0.717) is 24.3 Å². The minimum absolute atomic E-state index is 0.0242. The molecule has 1 saturated heterocycles. The number of anilines is 1. The van der Waals surface area contributed by atoms with Gasteiger partial charge < -0.3 is 14.8 Å². The van der Waals surface area contributed by atoms with Crippen LogP contribution in [0, 0.1) is 11.8 Å². The summed E-state index contributed by atoms with van der Waals surface area (Å²) in [7, 11) is 1.54. The summed E-state index contributed by atoms with van der Waals surface area (Å²) < 4.78 is 9.96. The summed E-state index contributed by atoms with van der Waals surface area (Å²) in [6.07, 6.45) is 4.79. The molecule has 1 fully saturated rings. The average molecular weight is 386 g/mol. The molecule has 0 aromatic heterocycles. The van der Waals surface area contributed by atoms with Gasteiger partial charge in [0.2, 0.25) is 11.8 Å². The summed E-state index contributed by atoms with van der Waals surface area (Å²) >= 11 is 0. The van der Waals surface area contributed by atoms with E-state index < -0.39 is 18.5 Å². The molecule has 1 aromatic rings. The number of nitrogens with zero attached hydrogens (tertiary/aromatic N) is 1. The summed E-state index contributed by atoms with van der Waals surface area (Å²) in [4.78, 5) is 49.5. The van der Waals surface area contributed by atoms with Gasteiger partial charge in [0.05, 0.1) is 25.4 Å². The SMILES string of the molecule is COc1ccc(NC(=O)COC(=O)CCN2C(=O)[C@H]3CC=CC[C@H]3C2=O)cc1. The first-order valence-corrected chi connectivity index (χ1v) is 9.09. The summed E-state index contributed by atoms with van der Waals surface area (Å²) in [5.74, 6) is -1.56. The van der Waals surface area contributed by atoms with Gasteiger partial charge in [-0.05, 0) is 37.1 Å². The lowest BCUT2D eigenvalue weighted by molar-refractivity contribution is -0.148. The van der Waals surface area contributed by atoms with E-state index in [2.05, 4.69) is 5.32 Å². The maximum absolute atomic E-state index is 12.3. The first kappa shape index (κ1) is 19.6. The van der Waals surface area contributed by atoms with E-state index in [4.69, 9.17) is 9.47 Å². The van der Waals surface area contributed by atoms with Gasteiger partial charge >= 0.3 is 5.97 Å². The van der Waals surface area contributed by atoms with E-state index in [1.165, 1.54) is 0 Å². The van der Waals surface area contributed by atoms with E-state index in [9.17, 15) is 19.2 Å². The van der Waals surface area contributed by atoms with Gasteiger partial charge in [0, 0.05) is 12.2 Å². The van der Waals surface area contributed by atoms with Gasteiger partial charge in [0.1, 0.15) is 5.75 Å². The molecule has 28 heavy (non-hydrogen) atoms. The summed E-state index contributed by atoms with van der Waals surface area (Å²) in [5.41, 5.74) is 0.548. The van der Waals surface area contributed by atoms with Crippen molar-refractivity contribution < 1.29 is 28.7 Å². The molecule has 0 spiro atoms. The van der Waals surface area contributed by atoms with Crippen molar-refractivity contribution in [1.29, 1.82) is 0 Å². The second-order valence-corrected chi connectivity index (χ2v) is 6.67. The summed E-state index contributed by atoms with van der Waals surface area (Å²) in [5, 5.41) is 2.60. The number of fused-ring (bicyclic) bond motifs is 1.